The van der Waals surface area contributed by atoms with Crippen molar-refractivity contribution >= 4 is 27.3 Å². The van der Waals surface area contributed by atoms with Crippen LogP contribution >= 0.6 is 0 Å². The van der Waals surface area contributed by atoms with Gasteiger partial charge in [0.2, 0.25) is 15.9 Å². The fourth-order valence-electron chi connectivity index (χ4n) is 2.91. The summed E-state index contributed by atoms with van der Waals surface area (Å²) in [7, 11) is 2.02. The van der Waals surface area contributed by atoms with E-state index in [0.717, 1.165) is 10.6 Å². The normalized spacial score (nSPS) is 11.9. The second kappa shape index (κ2) is 9.57. The highest BCUT2D eigenvalue weighted by Gasteiger charge is 2.32. The van der Waals surface area contributed by atoms with Crippen LogP contribution in [0.4, 0.5) is 11.4 Å². The van der Waals surface area contributed by atoms with E-state index in [1.807, 2.05) is 0 Å². The SMILES string of the molecule is COc1ccc(OC)c(N(C(C)C(=O)Nc2ccc(OC)c(OC)c2)S(C)(=O)=O)c1. The lowest BCUT2D eigenvalue weighted by atomic mass is 10.2. The lowest BCUT2D eigenvalue weighted by molar-refractivity contribution is -0.116. The van der Waals surface area contributed by atoms with Crippen LogP contribution in [0.25, 0.3) is 0 Å². The third-order valence-electron chi connectivity index (χ3n) is 4.36. The van der Waals surface area contributed by atoms with Gasteiger partial charge in [0.05, 0.1) is 40.4 Å². The molecule has 0 aliphatic heterocycles. The summed E-state index contributed by atoms with van der Waals surface area (Å²) in [6, 6.07) is 8.47. The molecule has 0 spiro atoms. The molecule has 0 bridgehead atoms. The zero-order valence-corrected chi connectivity index (χ0v) is 18.6. The maximum Gasteiger partial charge on any atom is 0.247 e. The van der Waals surface area contributed by atoms with Crippen LogP contribution in [0.3, 0.4) is 0 Å². The number of nitrogens with zero attached hydrogens (tertiary/aromatic N) is 1. The Morgan fingerprint density at radius 3 is 2.03 bits per heavy atom. The molecule has 0 saturated carbocycles. The van der Waals surface area contributed by atoms with E-state index in [1.165, 1.54) is 41.4 Å². The smallest absolute Gasteiger partial charge is 0.247 e. The average molecular weight is 439 g/mol. The molecule has 1 atom stereocenters. The Bertz CT molecular complexity index is 1010. The summed E-state index contributed by atoms with van der Waals surface area (Å²) in [5.74, 6) is 1.09. The Labute approximate surface area is 176 Å². The lowest BCUT2D eigenvalue weighted by Gasteiger charge is -2.29. The summed E-state index contributed by atoms with van der Waals surface area (Å²) in [4.78, 5) is 12.9. The van der Waals surface area contributed by atoms with Crippen molar-refractivity contribution in [3.63, 3.8) is 0 Å². The van der Waals surface area contributed by atoms with Gasteiger partial charge in [0.1, 0.15) is 17.5 Å². The molecule has 0 fully saturated rings. The highest BCUT2D eigenvalue weighted by molar-refractivity contribution is 7.92. The van der Waals surface area contributed by atoms with Crippen molar-refractivity contribution in [2.24, 2.45) is 0 Å². The third-order valence-corrected chi connectivity index (χ3v) is 5.59. The molecule has 1 N–H and O–H groups in total. The highest BCUT2D eigenvalue weighted by Crippen LogP contribution is 2.35. The number of carbonyl (C=O) groups excluding carboxylic acids is 1. The molecule has 1 amide bonds. The first-order valence-electron chi connectivity index (χ1n) is 8.90. The molecule has 164 valence electrons. The van der Waals surface area contributed by atoms with Gasteiger partial charge in [0.25, 0.3) is 0 Å². The molecule has 0 aliphatic rings. The van der Waals surface area contributed by atoms with Crippen molar-refractivity contribution in [2.75, 3.05) is 44.3 Å². The van der Waals surface area contributed by atoms with Gasteiger partial charge in [-0.3, -0.25) is 9.10 Å². The van der Waals surface area contributed by atoms with Crippen LogP contribution in [-0.2, 0) is 14.8 Å². The minimum Gasteiger partial charge on any atom is -0.497 e. The molecular weight excluding hydrogens is 412 g/mol. The number of amides is 1. The first-order chi connectivity index (χ1) is 14.2. The quantitative estimate of drug-likeness (QED) is 0.642. The lowest BCUT2D eigenvalue weighted by Crippen LogP contribution is -2.45. The van der Waals surface area contributed by atoms with Gasteiger partial charge in [0.15, 0.2) is 11.5 Å². The predicted molar refractivity (Wildman–Crippen MR) is 115 cm³/mol. The van der Waals surface area contributed by atoms with Crippen LogP contribution in [0.15, 0.2) is 36.4 Å². The van der Waals surface area contributed by atoms with Crippen LogP contribution in [0.1, 0.15) is 6.92 Å². The summed E-state index contributed by atoms with van der Waals surface area (Å²) in [6.07, 6.45) is 1.02. The molecule has 0 heterocycles. The van der Waals surface area contributed by atoms with Gasteiger partial charge < -0.3 is 24.3 Å². The van der Waals surface area contributed by atoms with Crippen molar-refractivity contribution in [2.45, 2.75) is 13.0 Å². The molecule has 2 aromatic carbocycles. The van der Waals surface area contributed by atoms with Crippen molar-refractivity contribution in [3.8, 4) is 23.0 Å². The van der Waals surface area contributed by atoms with Crippen LogP contribution < -0.4 is 28.6 Å². The predicted octanol–water partition coefficient (Wildman–Crippen LogP) is 2.51. The molecule has 0 saturated heterocycles. The number of rotatable bonds is 9. The summed E-state index contributed by atoms with van der Waals surface area (Å²) >= 11 is 0. The van der Waals surface area contributed by atoms with E-state index in [0.29, 0.717) is 22.9 Å². The molecule has 0 radical (unpaired) electrons. The van der Waals surface area contributed by atoms with Crippen LogP contribution in [0.5, 0.6) is 23.0 Å². The van der Waals surface area contributed by atoms with Crippen molar-refractivity contribution < 1.29 is 32.2 Å². The van der Waals surface area contributed by atoms with E-state index in [2.05, 4.69) is 5.32 Å². The summed E-state index contributed by atoms with van der Waals surface area (Å²) in [5, 5.41) is 2.70. The van der Waals surface area contributed by atoms with Crippen LogP contribution in [-0.4, -0.2) is 55.1 Å². The number of sulfonamides is 1. The Morgan fingerprint density at radius 1 is 0.900 bits per heavy atom. The third kappa shape index (κ3) is 5.07. The maximum absolute atomic E-state index is 12.9. The van der Waals surface area contributed by atoms with E-state index in [-0.39, 0.29) is 11.4 Å². The van der Waals surface area contributed by atoms with Crippen molar-refractivity contribution in [1.29, 1.82) is 0 Å². The molecule has 2 rings (SSSR count). The zero-order valence-electron chi connectivity index (χ0n) is 17.8. The van der Waals surface area contributed by atoms with E-state index >= 15 is 0 Å². The number of methoxy groups -OCH3 is 4. The molecule has 10 heteroatoms. The minimum atomic E-state index is -3.84. The molecule has 2 aromatic rings. The summed E-state index contributed by atoms with van der Waals surface area (Å²) in [6.45, 7) is 1.48. The van der Waals surface area contributed by atoms with E-state index < -0.39 is 22.0 Å². The number of nitrogens with one attached hydrogen (secondary N) is 1. The standard InChI is InChI=1S/C20H26N2O7S/c1-13(20(23)21-14-7-9-18(28-4)19(11-14)29-5)22(30(6,24)25)16-12-15(26-2)8-10-17(16)27-3/h7-13H,1-6H3,(H,21,23). The fraction of sp³-hybridized carbons (Fsp3) is 0.350. The molecule has 0 aromatic heterocycles. The maximum atomic E-state index is 12.9. The fourth-order valence-corrected chi connectivity index (χ4v) is 4.08. The van der Waals surface area contributed by atoms with Crippen molar-refractivity contribution in [3.05, 3.63) is 36.4 Å². The van der Waals surface area contributed by atoms with Gasteiger partial charge in [-0.1, -0.05) is 0 Å². The molecule has 1 unspecified atom stereocenters. The molecule has 0 aliphatic carbocycles. The highest BCUT2D eigenvalue weighted by atomic mass is 32.2. The van der Waals surface area contributed by atoms with Crippen LogP contribution in [0.2, 0.25) is 0 Å². The van der Waals surface area contributed by atoms with E-state index in [4.69, 9.17) is 18.9 Å². The first-order valence-corrected chi connectivity index (χ1v) is 10.7. The minimum absolute atomic E-state index is 0.189. The second-order valence-electron chi connectivity index (χ2n) is 6.33. The number of ether oxygens (including phenoxy) is 4. The number of hydrogen-bond donors (Lipinski definition) is 1. The van der Waals surface area contributed by atoms with Gasteiger partial charge in [-0.25, -0.2) is 8.42 Å². The zero-order chi connectivity index (χ0) is 22.5. The first kappa shape index (κ1) is 23.1. The summed E-state index contributed by atoms with van der Waals surface area (Å²) < 4.78 is 47.1. The second-order valence-corrected chi connectivity index (χ2v) is 8.19. The Balaban J connectivity index is 2.41. The molecular formula is C20H26N2O7S. The van der Waals surface area contributed by atoms with E-state index in [9.17, 15) is 13.2 Å². The Kier molecular flexibility index (Phi) is 7.38. The number of anilines is 2. The Hall–Kier alpha value is -3.14. The van der Waals surface area contributed by atoms with Gasteiger partial charge >= 0.3 is 0 Å². The van der Waals surface area contributed by atoms with Crippen LogP contribution in [0, 0.1) is 0 Å². The largest absolute Gasteiger partial charge is 0.497 e. The van der Waals surface area contributed by atoms with Gasteiger partial charge in [-0.2, -0.15) is 0 Å². The van der Waals surface area contributed by atoms with Crippen molar-refractivity contribution in [1.82, 2.24) is 0 Å². The number of benzene rings is 2. The van der Waals surface area contributed by atoms with Gasteiger partial charge in [0, 0.05) is 17.8 Å². The molecule has 30 heavy (non-hydrogen) atoms. The van der Waals surface area contributed by atoms with Gasteiger partial charge in [-0.15, -0.1) is 0 Å². The number of hydrogen-bond acceptors (Lipinski definition) is 7. The molecule has 9 nitrogen and oxygen atoms in total. The van der Waals surface area contributed by atoms with Gasteiger partial charge in [-0.05, 0) is 31.2 Å². The topological polar surface area (TPSA) is 103 Å². The average Bonchev–Trinajstić information content (AvgIpc) is 2.72. The monoisotopic (exact) mass is 438 g/mol. The number of carbonyl (C=O) groups is 1. The Morgan fingerprint density at radius 2 is 1.50 bits per heavy atom. The summed E-state index contributed by atoms with van der Waals surface area (Å²) in [5.41, 5.74) is 0.616. The van der Waals surface area contributed by atoms with E-state index in [1.54, 1.807) is 30.3 Å².